The highest BCUT2D eigenvalue weighted by Gasteiger charge is 2.24. The van der Waals surface area contributed by atoms with Crippen LogP contribution in [0.1, 0.15) is 50.1 Å². The van der Waals surface area contributed by atoms with Gasteiger partial charge in [0.15, 0.2) is 0 Å². The molecular formula is C20H30ClN3O. The number of nitrogens with zero attached hydrogens (tertiary/aromatic N) is 2. The van der Waals surface area contributed by atoms with Gasteiger partial charge in [0.05, 0.1) is 6.04 Å². The normalized spacial score (nSPS) is 20.5. The molecule has 1 aromatic carbocycles. The molecule has 2 fully saturated rings. The summed E-state index contributed by atoms with van der Waals surface area (Å²) in [5.41, 5.74) is 1.24. The van der Waals surface area contributed by atoms with E-state index >= 15 is 0 Å². The highest BCUT2D eigenvalue weighted by atomic mass is 35.5. The van der Waals surface area contributed by atoms with Gasteiger partial charge in [0.25, 0.3) is 0 Å². The van der Waals surface area contributed by atoms with E-state index in [4.69, 9.17) is 11.6 Å². The standard InChI is InChI=1S/C20H30ClN3O/c21-18-8-6-17(7-9-18)19(24-13-4-5-14-24)16-22-20(25)10-15-23-11-2-1-3-12-23/h6-9,19H,1-5,10-16H2,(H,22,25). The van der Waals surface area contributed by atoms with Gasteiger partial charge in [-0.3, -0.25) is 9.69 Å². The van der Waals surface area contributed by atoms with E-state index in [1.165, 1.54) is 37.7 Å². The van der Waals surface area contributed by atoms with E-state index in [0.29, 0.717) is 13.0 Å². The van der Waals surface area contributed by atoms with E-state index < -0.39 is 0 Å². The summed E-state index contributed by atoms with van der Waals surface area (Å²) < 4.78 is 0. The number of hydrogen-bond donors (Lipinski definition) is 1. The molecule has 5 heteroatoms. The van der Waals surface area contributed by atoms with Crippen LogP contribution in [0.4, 0.5) is 0 Å². The molecular weight excluding hydrogens is 334 g/mol. The van der Waals surface area contributed by atoms with Gasteiger partial charge in [0, 0.05) is 24.5 Å². The highest BCUT2D eigenvalue weighted by Crippen LogP contribution is 2.25. The molecule has 2 aliphatic heterocycles. The molecule has 2 aliphatic rings. The molecule has 0 radical (unpaired) electrons. The molecule has 0 bridgehead atoms. The third-order valence-corrected chi connectivity index (χ3v) is 5.68. The van der Waals surface area contributed by atoms with Gasteiger partial charge in [-0.2, -0.15) is 0 Å². The lowest BCUT2D eigenvalue weighted by molar-refractivity contribution is -0.121. The Hall–Kier alpha value is -1.10. The quantitative estimate of drug-likeness (QED) is 0.805. The number of likely N-dealkylation sites (tertiary alicyclic amines) is 2. The van der Waals surface area contributed by atoms with E-state index in [0.717, 1.165) is 37.7 Å². The predicted molar refractivity (Wildman–Crippen MR) is 103 cm³/mol. The van der Waals surface area contributed by atoms with Crippen LogP contribution in [0.25, 0.3) is 0 Å². The molecule has 3 rings (SSSR count). The molecule has 1 amide bonds. The Kier molecular flexibility index (Phi) is 7.14. The fourth-order valence-electron chi connectivity index (χ4n) is 3.94. The van der Waals surface area contributed by atoms with Crippen molar-refractivity contribution in [3.8, 4) is 0 Å². The number of carbonyl (C=O) groups is 1. The second-order valence-corrected chi connectivity index (χ2v) is 7.70. The fraction of sp³-hybridized carbons (Fsp3) is 0.650. The van der Waals surface area contributed by atoms with Crippen LogP contribution in [-0.4, -0.2) is 55.0 Å². The Morgan fingerprint density at radius 1 is 1.00 bits per heavy atom. The minimum atomic E-state index is 0.170. The summed E-state index contributed by atoms with van der Waals surface area (Å²) in [5, 5.41) is 3.93. The van der Waals surface area contributed by atoms with Crippen LogP contribution in [0.15, 0.2) is 24.3 Å². The van der Waals surface area contributed by atoms with Gasteiger partial charge in [-0.1, -0.05) is 30.2 Å². The Morgan fingerprint density at radius 3 is 2.32 bits per heavy atom. The highest BCUT2D eigenvalue weighted by molar-refractivity contribution is 6.30. The van der Waals surface area contributed by atoms with Crippen LogP contribution in [0.3, 0.4) is 0 Å². The largest absolute Gasteiger partial charge is 0.354 e. The number of halogens is 1. The molecule has 4 nitrogen and oxygen atoms in total. The zero-order valence-corrected chi connectivity index (χ0v) is 15.8. The number of rotatable bonds is 7. The molecule has 25 heavy (non-hydrogen) atoms. The Morgan fingerprint density at radius 2 is 1.64 bits per heavy atom. The van der Waals surface area contributed by atoms with Crippen molar-refractivity contribution >= 4 is 17.5 Å². The zero-order chi connectivity index (χ0) is 17.5. The first-order valence-corrected chi connectivity index (χ1v) is 10.1. The lowest BCUT2D eigenvalue weighted by Gasteiger charge is -2.29. The maximum Gasteiger partial charge on any atom is 0.221 e. The van der Waals surface area contributed by atoms with Crippen LogP contribution in [0.5, 0.6) is 0 Å². The van der Waals surface area contributed by atoms with Crippen molar-refractivity contribution in [1.82, 2.24) is 15.1 Å². The average molecular weight is 364 g/mol. The number of benzene rings is 1. The van der Waals surface area contributed by atoms with Crippen molar-refractivity contribution in [2.45, 2.75) is 44.6 Å². The van der Waals surface area contributed by atoms with Crippen molar-refractivity contribution in [3.05, 3.63) is 34.9 Å². The van der Waals surface area contributed by atoms with Crippen molar-refractivity contribution in [3.63, 3.8) is 0 Å². The van der Waals surface area contributed by atoms with Gasteiger partial charge in [-0.25, -0.2) is 0 Å². The molecule has 0 saturated carbocycles. The maximum absolute atomic E-state index is 12.3. The van der Waals surface area contributed by atoms with Gasteiger partial charge in [-0.15, -0.1) is 0 Å². The molecule has 2 saturated heterocycles. The molecule has 1 atom stereocenters. The van der Waals surface area contributed by atoms with E-state index in [-0.39, 0.29) is 11.9 Å². The molecule has 138 valence electrons. The molecule has 1 unspecified atom stereocenters. The predicted octanol–water partition coefficient (Wildman–Crippen LogP) is 3.47. The lowest BCUT2D eigenvalue weighted by atomic mass is 10.1. The second-order valence-electron chi connectivity index (χ2n) is 7.27. The Balaban J connectivity index is 1.51. The van der Waals surface area contributed by atoms with E-state index in [1.54, 1.807) is 0 Å². The number of amides is 1. The van der Waals surface area contributed by atoms with Gasteiger partial charge < -0.3 is 10.2 Å². The summed E-state index contributed by atoms with van der Waals surface area (Å²) in [5.74, 6) is 0.170. The van der Waals surface area contributed by atoms with Crippen LogP contribution in [0.2, 0.25) is 5.02 Å². The summed E-state index contributed by atoms with van der Waals surface area (Å²) in [4.78, 5) is 17.2. The lowest BCUT2D eigenvalue weighted by Crippen LogP contribution is -2.38. The molecule has 0 aliphatic carbocycles. The van der Waals surface area contributed by atoms with Crippen LogP contribution in [0, 0.1) is 0 Å². The number of piperidine rings is 1. The third-order valence-electron chi connectivity index (χ3n) is 5.43. The molecule has 0 aromatic heterocycles. The molecule has 2 heterocycles. The van der Waals surface area contributed by atoms with Gasteiger partial charge in [0.1, 0.15) is 0 Å². The van der Waals surface area contributed by atoms with Gasteiger partial charge in [-0.05, 0) is 69.6 Å². The second kappa shape index (κ2) is 9.56. The van der Waals surface area contributed by atoms with Crippen molar-refractivity contribution in [2.75, 3.05) is 39.3 Å². The summed E-state index contributed by atoms with van der Waals surface area (Å²) in [6.45, 7) is 6.08. The van der Waals surface area contributed by atoms with Gasteiger partial charge >= 0.3 is 0 Å². The minimum absolute atomic E-state index is 0.170. The van der Waals surface area contributed by atoms with E-state index in [1.807, 2.05) is 12.1 Å². The summed E-state index contributed by atoms with van der Waals surface area (Å²) in [6, 6.07) is 8.31. The molecule has 0 spiro atoms. The van der Waals surface area contributed by atoms with Crippen LogP contribution < -0.4 is 5.32 Å². The SMILES string of the molecule is O=C(CCN1CCCCC1)NCC(c1ccc(Cl)cc1)N1CCCC1. The smallest absolute Gasteiger partial charge is 0.221 e. The average Bonchev–Trinajstić information content (AvgIpc) is 3.17. The summed E-state index contributed by atoms with van der Waals surface area (Å²) in [7, 11) is 0. The minimum Gasteiger partial charge on any atom is -0.354 e. The van der Waals surface area contributed by atoms with E-state index in [9.17, 15) is 4.79 Å². The van der Waals surface area contributed by atoms with Crippen molar-refractivity contribution < 1.29 is 4.79 Å². The topological polar surface area (TPSA) is 35.6 Å². The van der Waals surface area contributed by atoms with Gasteiger partial charge in [0.2, 0.25) is 5.91 Å². The van der Waals surface area contributed by atoms with Crippen molar-refractivity contribution in [2.24, 2.45) is 0 Å². The van der Waals surface area contributed by atoms with E-state index in [2.05, 4.69) is 27.2 Å². The fourth-order valence-corrected chi connectivity index (χ4v) is 4.06. The summed E-state index contributed by atoms with van der Waals surface area (Å²) >= 11 is 6.03. The van der Waals surface area contributed by atoms with Crippen molar-refractivity contribution in [1.29, 1.82) is 0 Å². The Labute approximate surface area is 156 Å². The maximum atomic E-state index is 12.3. The first kappa shape index (κ1) is 18.7. The first-order chi connectivity index (χ1) is 12.2. The third kappa shape index (κ3) is 5.70. The first-order valence-electron chi connectivity index (χ1n) is 9.71. The van der Waals surface area contributed by atoms with Crippen LogP contribution >= 0.6 is 11.6 Å². The number of carbonyl (C=O) groups excluding carboxylic acids is 1. The zero-order valence-electron chi connectivity index (χ0n) is 15.1. The Bertz CT molecular complexity index is 536. The molecule has 1 aromatic rings. The summed E-state index contributed by atoms with van der Waals surface area (Å²) in [6.07, 6.45) is 6.97. The number of nitrogens with one attached hydrogen (secondary N) is 1. The monoisotopic (exact) mass is 363 g/mol. The molecule has 1 N–H and O–H groups in total. The number of hydrogen-bond acceptors (Lipinski definition) is 3. The van der Waals surface area contributed by atoms with Crippen LogP contribution in [-0.2, 0) is 4.79 Å².